The number of nitrogens with zero attached hydrogens (tertiary/aromatic N) is 1. The summed E-state index contributed by atoms with van der Waals surface area (Å²) in [6.45, 7) is 0. The molecule has 0 bridgehead atoms. The van der Waals surface area contributed by atoms with Crippen molar-refractivity contribution in [1.82, 2.24) is 4.98 Å². The van der Waals surface area contributed by atoms with Crippen molar-refractivity contribution in [3.05, 3.63) is 59.1 Å². The van der Waals surface area contributed by atoms with Gasteiger partial charge in [0, 0.05) is 17.3 Å². The Hall–Kier alpha value is -1.91. The SMILES string of the molecule is Nc1cc(CC(O)c2csc3ccccc23)ccn1. The van der Waals surface area contributed by atoms with Crippen molar-refractivity contribution in [3.63, 3.8) is 0 Å². The van der Waals surface area contributed by atoms with Crippen molar-refractivity contribution in [3.8, 4) is 0 Å². The van der Waals surface area contributed by atoms with Gasteiger partial charge in [-0.15, -0.1) is 11.3 Å². The second kappa shape index (κ2) is 4.99. The molecule has 0 spiro atoms. The van der Waals surface area contributed by atoms with E-state index in [1.54, 1.807) is 23.6 Å². The number of fused-ring (bicyclic) bond motifs is 1. The van der Waals surface area contributed by atoms with Gasteiger partial charge in [0.15, 0.2) is 0 Å². The summed E-state index contributed by atoms with van der Waals surface area (Å²) < 4.78 is 1.20. The number of nitrogens with two attached hydrogens (primary N) is 1. The average Bonchev–Trinajstić information content (AvgIpc) is 2.82. The maximum absolute atomic E-state index is 10.4. The largest absolute Gasteiger partial charge is 0.388 e. The Balaban J connectivity index is 1.90. The highest BCUT2D eigenvalue weighted by Gasteiger charge is 2.13. The maximum atomic E-state index is 10.4. The van der Waals surface area contributed by atoms with Crippen molar-refractivity contribution < 1.29 is 5.11 Å². The molecular formula is C15H14N2OS. The molecule has 1 unspecified atom stereocenters. The molecule has 2 heterocycles. The van der Waals surface area contributed by atoms with E-state index in [0.717, 1.165) is 16.5 Å². The van der Waals surface area contributed by atoms with Gasteiger partial charge in [-0.05, 0) is 40.1 Å². The fraction of sp³-hybridized carbons (Fsp3) is 0.133. The minimum absolute atomic E-state index is 0.486. The van der Waals surface area contributed by atoms with Gasteiger partial charge < -0.3 is 10.8 Å². The first-order chi connectivity index (χ1) is 9.24. The molecule has 4 heteroatoms. The van der Waals surface area contributed by atoms with Gasteiger partial charge in [-0.1, -0.05) is 18.2 Å². The first kappa shape index (κ1) is 12.1. The summed E-state index contributed by atoms with van der Waals surface area (Å²) in [6.07, 6.45) is 1.70. The van der Waals surface area contributed by atoms with Crippen molar-refractivity contribution in [1.29, 1.82) is 0 Å². The number of hydrogen-bond acceptors (Lipinski definition) is 4. The molecule has 0 fully saturated rings. The van der Waals surface area contributed by atoms with Gasteiger partial charge >= 0.3 is 0 Å². The summed E-state index contributed by atoms with van der Waals surface area (Å²) in [4.78, 5) is 3.96. The van der Waals surface area contributed by atoms with E-state index >= 15 is 0 Å². The molecule has 0 aliphatic carbocycles. The first-order valence-electron chi connectivity index (χ1n) is 6.08. The van der Waals surface area contributed by atoms with Gasteiger partial charge in [-0.25, -0.2) is 4.98 Å². The van der Waals surface area contributed by atoms with E-state index < -0.39 is 6.10 Å². The smallest absolute Gasteiger partial charge is 0.123 e. The van der Waals surface area contributed by atoms with Gasteiger partial charge in [-0.2, -0.15) is 0 Å². The number of nitrogen functional groups attached to an aromatic ring is 1. The lowest BCUT2D eigenvalue weighted by Gasteiger charge is -2.10. The molecule has 0 aliphatic rings. The zero-order valence-electron chi connectivity index (χ0n) is 10.3. The van der Waals surface area contributed by atoms with Crippen molar-refractivity contribution in [2.45, 2.75) is 12.5 Å². The highest BCUT2D eigenvalue weighted by Crippen LogP contribution is 2.31. The van der Waals surface area contributed by atoms with E-state index in [-0.39, 0.29) is 0 Å². The van der Waals surface area contributed by atoms with Crippen molar-refractivity contribution >= 4 is 27.2 Å². The van der Waals surface area contributed by atoms with Crippen LogP contribution in [0.3, 0.4) is 0 Å². The fourth-order valence-corrected chi connectivity index (χ4v) is 3.22. The highest BCUT2D eigenvalue weighted by molar-refractivity contribution is 7.17. The molecule has 1 aromatic carbocycles. The molecule has 3 rings (SSSR count). The Morgan fingerprint density at radius 3 is 2.95 bits per heavy atom. The third kappa shape index (κ3) is 2.45. The van der Waals surface area contributed by atoms with Crippen molar-refractivity contribution in [2.75, 3.05) is 5.73 Å². The van der Waals surface area contributed by atoms with Crippen LogP contribution in [0.4, 0.5) is 5.82 Å². The molecule has 3 N–H and O–H groups in total. The van der Waals surface area contributed by atoms with E-state index in [1.807, 2.05) is 29.6 Å². The zero-order chi connectivity index (χ0) is 13.2. The van der Waals surface area contributed by atoms with Crippen LogP contribution < -0.4 is 5.73 Å². The predicted molar refractivity (Wildman–Crippen MR) is 79.1 cm³/mol. The van der Waals surface area contributed by atoms with Crippen LogP contribution in [0.1, 0.15) is 17.2 Å². The zero-order valence-corrected chi connectivity index (χ0v) is 11.1. The van der Waals surface area contributed by atoms with Crippen LogP contribution in [0.25, 0.3) is 10.1 Å². The van der Waals surface area contributed by atoms with Gasteiger partial charge in [0.1, 0.15) is 5.82 Å². The Labute approximate surface area is 115 Å². The summed E-state index contributed by atoms with van der Waals surface area (Å²) in [5.74, 6) is 0.486. The van der Waals surface area contributed by atoms with Crippen LogP contribution in [0.5, 0.6) is 0 Å². The van der Waals surface area contributed by atoms with Crippen LogP contribution in [-0.2, 0) is 6.42 Å². The number of aliphatic hydroxyl groups excluding tert-OH is 1. The van der Waals surface area contributed by atoms with Gasteiger partial charge in [0.05, 0.1) is 6.10 Å². The monoisotopic (exact) mass is 270 g/mol. The third-order valence-corrected chi connectivity index (χ3v) is 4.13. The second-order valence-corrected chi connectivity index (χ2v) is 5.41. The predicted octanol–water partition coefficient (Wildman–Crippen LogP) is 3.15. The first-order valence-corrected chi connectivity index (χ1v) is 6.96. The summed E-state index contributed by atoms with van der Waals surface area (Å²) >= 11 is 1.66. The molecule has 0 aliphatic heterocycles. The standard InChI is InChI=1S/C15H14N2OS/c16-15-8-10(5-6-17-15)7-13(18)12-9-19-14-4-2-1-3-11(12)14/h1-6,8-9,13,18H,7H2,(H2,16,17). The van der Waals surface area contributed by atoms with Gasteiger partial charge in [0.2, 0.25) is 0 Å². The second-order valence-electron chi connectivity index (χ2n) is 4.50. The minimum atomic E-state index is -0.516. The summed E-state index contributed by atoms with van der Waals surface area (Å²) in [5.41, 5.74) is 7.63. The summed E-state index contributed by atoms with van der Waals surface area (Å²) in [7, 11) is 0. The number of anilines is 1. The third-order valence-electron chi connectivity index (χ3n) is 3.14. The van der Waals surface area contributed by atoms with Crippen LogP contribution in [0, 0.1) is 0 Å². The summed E-state index contributed by atoms with van der Waals surface area (Å²) in [6, 6.07) is 11.8. The number of hydrogen-bond donors (Lipinski definition) is 2. The molecule has 0 saturated heterocycles. The lowest BCUT2D eigenvalue weighted by molar-refractivity contribution is 0.180. The lowest BCUT2D eigenvalue weighted by Crippen LogP contribution is -2.02. The fourth-order valence-electron chi connectivity index (χ4n) is 2.21. The number of pyridine rings is 1. The minimum Gasteiger partial charge on any atom is -0.388 e. The molecule has 0 amide bonds. The van der Waals surface area contributed by atoms with Crippen LogP contribution in [0.2, 0.25) is 0 Å². The highest BCUT2D eigenvalue weighted by atomic mass is 32.1. The lowest BCUT2D eigenvalue weighted by atomic mass is 10.0. The normalized spacial score (nSPS) is 12.7. The number of benzene rings is 1. The molecule has 1 atom stereocenters. The van der Waals surface area contributed by atoms with Gasteiger partial charge in [0.25, 0.3) is 0 Å². The molecule has 3 aromatic rings. The molecular weight excluding hydrogens is 256 g/mol. The number of thiophene rings is 1. The van der Waals surface area contributed by atoms with Crippen LogP contribution in [-0.4, -0.2) is 10.1 Å². The quantitative estimate of drug-likeness (QED) is 0.768. The van der Waals surface area contributed by atoms with E-state index in [2.05, 4.69) is 11.1 Å². The van der Waals surface area contributed by atoms with Crippen LogP contribution >= 0.6 is 11.3 Å². The Morgan fingerprint density at radius 1 is 1.26 bits per heavy atom. The molecule has 0 saturated carbocycles. The van der Waals surface area contributed by atoms with E-state index in [0.29, 0.717) is 12.2 Å². The Bertz CT molecular complexity index is 708. The maximum Gasteiger partial charge on any atom is 0.123 e. The van der Waals surface area contributed by atoms with Gasteiger partial charge in [-0.3, -0.25) is 0 Å². The molecule has 19 heavy (non-hydrogen) atoms. The van der Waals surface area contributed by atoms with E-state index in [9.17, 15) is 5.11 Å². The summed E-state index contributed by atoms with van der Waals surface area (Å²) in [5, 5.41) is 13.6. The van der Waals surface area contributed by atoms with E-state index in [1.165, 1.54) is 4.70 Å². The topological polar surface area (TPSA) is 59.1 Å². The number of rotatable bonds is 3. The number of aromatic nitrogens is 1. The molecule has 96 valence electrons. The van der Waals surface area contributed by atoms with E-state index in [4.69, 9.17) is 5.73 Å². The molecule has 3 nitrogen and oxygen atoms in total. The average molecular weight is 270 g/mol. The Morgan fingerprint density at radius 2 is 2.11 bits per heavy atom. The number of aliphatic hydroxyl groups is 1. The van der Waals surface area contributed by atoms with Crippen molar-refractivity contribution in [2.24, 2.45) is 0 Å². The van der Waals surface area contributed by atoms with Crippen LogP contribution in [0.15, 0.2) is 48.0 Å². The molecule has 0 radical (unpaired) electrons. The molecule has 2 aromatic heterocycles. The Kier molecular flexibility index (Phi) is 3.19.